The van der Waals surface area contributed by atoms with Crippen LogP contribution in [0, 0.1) is 0 Å². The molecule has 8 nitrogen and oxygen atoms in total. The van der Waals surface area contributed by atoms with Crippen molar-refractivity contribution in [1.82, 2.24) is 0 Å². The third-order valence-corrected chi connectivity index (χ3v) is 4.66. The number of ether oxygens (including phenoxy) is 1. The summed E-state index contributed by atoms with van der Waals surface area (Å²) >= 11 is 5.92. The van der Waals surface area contributed by atoms with Crippen molar-refractivity contribution in [3.8, 4) is 5.75 Å². The lowest BCUT2D eigenvalue weighted by Crippen LogP contribution is -2.14. The van der Waals surface area contributed by atoms with Gasteiger partial charge >= 0.3 is 5.97 Å². The Morgan fingerprint density at radius 1 is 1.16 bits per heavy atom. The van der Waals surface area contributed by atoms with Crippen LogP contribution in [0.25, 0.3) is 0 Å². The van der Waals surface area contributed by atoms with Crippen molar-refractivity contribution in [2.45, 2.75) is 4.90 Å². The number of hydrogen-bond donors (Lipinski definition) is 3. The number of rotatable bonds is 7. The van der Waals surface area contributed by atoms with Crippen molar-refractivity contribution in [2.24, 2.45) is 5.73 Å². The van der Waals surface area contributed by atoms with Gasteiger partial charge in [-0.15, -0.1) is 0 Å². The third-order valence-electron chi connectivity index (χ3n) is 2.99. The van der Waals surface area contributed by atoms with Gasteiger partial charge in [0.2, 0.25) is 5.91 Å². The maximum Gasteiger partial charge on any atom is 0.341 e. The lowest BCUT2D eigenvalue weighted by atomic mass is 10.2. The predicted molar refractivity (Wildman–Crippen MR) is 90.4 cm³/mol. The normalized spacial score (nSPS) is 10.9. The van der Waals surface area contributed by atoms with Gasteiger partial charge in [-0.1, -0.05) is 11.6 Å². The summed E-state index contributed by atoms with van der Waals surface area (Å²) in [5.41, 5.74) is 5.59. The zero-order valence-electron chi connectivity index (χ0n) is 12.6. The van der Waals surface area contributed by atoms with E-state index in [0.29, 0.717) is 0 Å². The van der Waals surface area contributed by atoms with Gasteiger partial charge in [-0.25, -0.2) is 13.2 Å². The number of carbonyl (C=O) groups excluding carboxylic acids is 1. The number of carboxylic acids is 1. The van der Waals surface area contributed by atoms with E-state index in [1.165, 1.54) is 36.4 Å². The van der Waals surface area contributed by atoms with Gasteiger partial charge in [-0.3, -0.25) is 9.52 Å². The maximum atomic E-state index is 12.4. The van der Waals surface area contributed by atoms with Gasteiger partial charge in [-0.05, 0) is 42.5 Å². The fraction of sp³-hybridized carbons (Fsp3) is 0.0667. The zero-order valence-corrected chi connectivity index (χ0v) is 14.2. The van der Waals surface area contributed by atoms with Gasteiger partial charge in [0, 0.05) is 11.3 Å². The Morgan fingerprint density at radius 2 is 1.80 bits per heavy atom. The molecule has 132 valence electrons. The molecule has 0 spiro atoms. The second-order valence-corrected chi connectivity index (χ2v) is 6.91. The second kappa shape index (κ2) is 7.41. The number of primary amides is 1. The first kappa shape index (κ1) is 18.6. The number of benzene rings is 2. The van der Waals surface area contributed by atoms with Crippen LogP contribution >= 0.6 is 11.6 Å². The first-order valence-corrected chi connectivity index (χ1v) is 8.62. The van der Waals surface area contributed by atoms with Crippen LogP contribution in [-0.4, -0.2) is 32.0 Å². The molecule has 0 saturated heterocycles. The number of halogens is 1. The van der Waals surface area contributed by atoms with E-state index in [1.807, 2.05) is 0 Å². The Kier molecular flexibility index (Phi) is 5.50. The van der Waals surface area contributed by atoms with Gasteiger partial charge in [0.25, 0.3) is 10.0 Å². The molecule has 0 bridgehead atoms. The summed E-state index contributed by atoms with van der Waals surface area (Å²) in [6, 6.07) is 9.18. The number of carbonyl (C=O) groups is 2. The maximum absolute atomic E-state index is 12.4. The molecule has 1 amide bonds. The Morgan fingerprint density at radius 3 is 2.32 bits per heavy atom. The molecule has 0 heterocycles. The minimum Gasteiger partial charge on any atom is -0.480 e. The first-order chi connectivity index (χ1) is 11.7. The van der Waals surface area contributed by atoms with Crippen molar-refractivity contribution in [3.05, 3.63) is 53.1 Å². The van der Waals surface area contributed by atoms with Crippen molar-refractivity contribution >= 4 is 39.2 Å². The second-order valence-electron chi connectivity index (χ2n) is 4.82. The average molecular weight is 385 g/mol. The van der Waals surface area contributed by atoms with Crippen LogP contribution in [0.15, 0.2) is 47.4 Å². The molecule has 0 fully saturated rings. The highest BCUT2D eigenvalue weighted by Gasteiger charge is 2.17. The van der Waals surface area contributed by atoms with E-state index >= 15 is 0 Å². The fourth-order valence-electron chi connectivity index (χ4n) is 1.82. The van der Waals surface area contributed by atoms with E-state index in [0.717, 1.165) is 6.07 Å². The number of hydrogen-bond acceptors (Lipinski definition) is 5. The molecule has 0 aliphatic rings. The summed E-state index contributed by atoms with van der Waals surface area (Å²) in [7, 11) is -3.94. The number of amides is 1. The molecule has 2 aromatic carbocycles. The molecule has 0 aliphatic carbocycles. The number of sulfonamides is 1. The summed E-state index contributed by atoms with van der Waals surface area (Å²) in [5, 5.41) is 8.52. The monoisotopic (exact) mass is 384 g/mol. The molecule has 0 atom stereocenters. The summed E-state index contributed by atoms with van der Waals surface area (Å²) in [6.07, 6.45) is 0. The predicted octanol–water partition coefficient (Wildman–Crippen LogP) is 1.70. The number of carboxylic acid groups (broad SMARTS) is 1. The number of anilines is 1. The quantitative estimate of drug-likeness (QED) is 0.664. The van der Waals surface area contributed by atoms with Crippen LogP contribution < -0.4 is 15.2 Å². The van der Waals surface area contributed by atoms with Gasteiger partial charge in [0.15, 0.2) is 6.61 Å². The fourth-order valence-corrected chi connectivity index (χ4v) is 3.21. The smallest absolute Gasteiger partial charge is 0.341 e. The molecule has 4 N–H and O–H groups in total. The molecule has 2 rings (SSSR count). The molecule has 10 heteroatoms. The first-order valence-electron chi connectivity index (χ1n) is 6.76. The summed E-state index contributed by atoms with van der Waals surface area (Å²) in [6.45, 7) is -0.601. The standard InChI is InChI=1S/C15H13ClN2O6S/c16-12-7-11(5-6-13(12)24-8-14(19)20)25(22,23)18-10-3-1-9(2-4-10)15(17)21/h1-7,18H,8H2,(H2,17,21)(H,19,20). The molecular weight excluding hydrogens is 372 g/mol. The Labute approximate surface area is 148 Å². The van der Waals surface area contributed by atoms with Crippen molar-refractivity contribution in [2.75, 3.05) is 11.3 Å². The van der Waals surface area contributed by atoms with E-state index in [2.05, 4.69) is 4.72 Å². The van der Waals surface area contributed by atoms with Crippen LogP contribution in [0.2, 0.25) is 5.02 Å². The number of nitrogens with two attached hydrogens (primary N) is 1. The van der Waals surface area contributed by atoms with Gasteiger partial charge < -0.3 is 15.6 Å². The summed E-state index contributed by atoms with van der Waals surface area (Å²) in [5.74, 6) is -1.76. The lowest BCUT2D eigenvalue weighted by Gasteiger charge is -2.11. The van der Waals surface area contributed by atoms with Crippen molar-refractivity contribution < 1.29 is 27.9 Å². The Balaban J connectivity index is 2.20. The molecule has 25 heavy (non-hydrogen) atoms. The van der Waals surface area contributed by atoms with Crippen LogP contribution in [0.4, 0.5) is 5.69 Å². The third kappa shape index (κ3) is 4.85. The zero-order chi connectivity index (χ0) is 18.6. The van der Waals surface area contributed by atoms with Crippen LogP contribution in [0.1, 0.15) is 10.4 Å². The number of nitrogens with one attached hydrogen (secondary N) is 1. The SMILES string of the molecule is NC(=O)c1ccc(NS(=O)(=O)c2ccc(OCC(=O)O)c(Cl)c2)cc1. The topological polar surface area (TPSA) is 136 Å². The molecule has 0 unspecified atom stereocenters. The van der Waals surface area contributed by atoms with E-state index in [1.54, 1.807) is 0 Å². The lowest BCUT2D eigenvalue weighted by molar-refractivity contribution is -0.139. The average Bonchev–Trinajstić information content (AvgIpc) is 2.53. The summed E-state index contributed by atoms with van der Waals surface area (Å²) in [4.78, 5) is 21.3. The van der Waals surface area contributed by atoms with Crippen LogP contribution in [0.3, 0.4) is 0 Å². The number of aliphatic carboxylic acids is 1. The van der Waals surface area contributed by atoms with Crippen molar-refractivity contribution in [1.29, 1.82) is 0 Å². The largest absolute Gasteiger partial charge is 0.480 e. The van der Waals surface area contributed by atoms with Gasteiger partial charge in [0.1, 0.15) is 5.75 Å². The molecule has 0 aromatic heterocycles. The van der Waals surface area contributed by atoms with Crippen LogP contribution in [0.5, 0.6) is 5.75 Å². The Hall–Kier alpha value is -2.78. The Bertz CT molecular complexity index is 912. The highest BCUT2D eigenvalue weighted by atomic mass is 35.5. The minimum atomic E-state index is -3.94. The summed E-state index contributed by atoms with van der Waals surface area (Å²) < 4.78 is 32.0. The highest BCUT2D eigenvalue weighted by Crippen LogP contribution is 2.28. The molecular formula is C15H13ClN2O6S. The molecule has 0 saturated carbocycles. The van der Waals surface area contributed by atoms with Gasteiger partial charge in [0.05, 0.1) is 9.92 Å². The van der Waals surface area contributed by atoms with Crippen LogP contribution in [-0.2, 0) is 14.8 Å². The van der Waals surface area contributed by atoms with Crippen molar-refractivity contribution in [3.63, 3.8) is 0 Å². The minimum absolute atomic E-state index is 0.0480. The van der Waals surface area contributed by atoms with E-state index in [9.17, 15) is 18.0 Å². The molecule has 2 aromatic rings. The molecule has 0 radical (unpaired) electrons. The highest BCUT2D eigenvalue weighted by molar-refractivity contribution is 7.92. The van der Waals surface area contributed by atoms with E-state index in [4.69, 9.17) is 27.2 Å². The molecule has 0 aliphatic heterocycles. The van der Waals surface area contributed by atoms with E-state index < -0.39 is 28.5 Å². The van der Waals surface area contributed by atoms with Gasteiger partial charge in [-0.2, -0.15) is 0 Å². The van der Waals surface area contributed by atoms with E-state index in [-0.39, 0.29) is 26.9 Å².